The van der Waals surface area contributed by atoms with Gasteiger partial charge in [0.05, 0.1) is 24.2 Å². The van der Waals surface area contributed by atoms with Crippen LogP contribution in [0.1, 0.15) is 44.9 Å². The molecule has 0 aromatic heterocycles. The topological polar surface area (TPSA) is 50.4 Å². The van der Waals surface area contributed by atoms with Gasteiger partial charge >= 0.3 is 12.2 Å². The molecule has 2 aliphatic heterocycles. The van der Waals surface area contributed by atoms with Crippen molar-refractivity contribution >= 4 is 6.03 Å². The van der Waals surface area contributed by atoms with Gasteiger partial charge in [-0.3, -0.25) is 0 Å². The lowest BCUT2D eigenvalue weighted by Gasteiger charge is -2.31. The smallest absolute Gasteiger partial charge is 0.373 e. The van der Waals surface area contributed by atoms with Gasteiger partial charge in [0.15, 0.2) is 0 Å². The van der Waals surface area contributed by atoms with Crippen LogP contribution in [0.2, 0.25) is 0 Å². The number of amides is 2. The van der Waals surface area contributed by atoms with E-state index in [-0.39, 0.29) is 43.2 Å². The molecule has 2 amide bonds. The Morgan fingerprint density at radius 3 is 2.48 bits per heavy atom. The summed E-state index contributed by atoms with van der Waals surface area (Å²) in [5.74, 6) is -1.29. The minimum absolute atomic E-state index is 0.00533. The van der Waals surface area contributed by atoms with E-state index < -0.39 is 12.1 Å². The van der Waals surface area contributed by atoms with Crippen molar-refractivity contribution in [2.24, 2.45) is 5.92 Å². The third-order valence-corrected chi connectivity index (χ3v) is 4.89. The summed E-state index contributed by atoms with van der Waals surface area (Å²) in [6, 6.07) is -0.736. The lowest BCUT2D eigenvalue weighted by atomic mass is 9.85. The lowest BCUT2D eigenvalue weighted by Crippen LogP contribution is -2.50. The molecule has 120 valence electrons. The number of alkyl halides is 3. The molecule has 3 aliphatic rings. The van der Waals surface area contributed by atoms with Gasteiger partial charge in [0, 0.05) is 6.04 Å². The zero-order valence-corrected chi connectivity index (χ0v) is 11.8. The number of halogens is 3. The minimum Gasteiger partial charge on any atom is -0.373 e. The summed E-state index contributed by atoms with van der Waals surface area (Å²) in [4.78, 5) is 11.9. The van der Waals surface area contributed by atoms with E-state index in [9.17, 15) is 18.0 Å². The van der Waals surface area contributed by atoms with Crippen LogP contribution >= 0.6 is 0 Å². The summed E-state index contributed by atoms with van der Waals surface area (Å²) in [6.45, 7) is 0. The van der Waals surface area contributed by atoms with Crippen LogP contribution in [0.4, 0.5) is 18.0 Å². The van der Waals surface area contributed by atoms with E-state index in [1.54, 1.807) is 0 Å². The van der Waals surface area contributed by atoms with Crippen LogP contribution in [0.3, 0.4) is 0 Å². The highest BCUT2D eigenvalue weighted by molar-refractivity contribution is 5.74. The Morgan fingerprint density at radius 2 is 1.86 bits per heavy atom. The van der Waals surface area contributed by atoms with Crippen molar-refractivity contribution < 1.29 is 22.7 Å². The molecular weight excluding hydrogens is 285 g/mol. The first kappa shape index (κ1) is 14.9. The first-order valence-corrected chi connectivity index (χ1v) is 7.71. The number of fused-ring (bicyclic) bond motifs is 2. The number of rotatable bonds is 2. The predicted molar refractivity (Wildman–Crippen MR) is 69.8 cm³/mol. The standard InChI is InChI=1S/C14H21F3N2O2/c15-14(16,17)8-2-1-3-9(6-8)18-13(20)19-11-7-10-4-5-12(11)21-10/h8-12H,1-7H2,(H2,18,19,20)/t8-,9-,10-,11-,12-/m1/s1. The van der Waals surface area contributed by atoms with Gasteiger partial charge in [0.25, 0.3) is 0 Å². The summed E-state index contributed by atoms with van der Waals surface area (Å²) < 4.78 is 43.9. The van der Waals surface area contributed by atoms with Crippen molar-refractivity contribution in [1.82, 2.24) is 10.6 Å². The molecule has 0 radical (unpaired) electrons. The minimum atomic E-state index is -4.16. The van der Waals surface area contributed by atoms with E-state index >= 15 is 0 Å². The molecule has 0 aromatic carbocycles. The molecular formula is C14H21F3N2O2. The molecule has 4 nitrogen and oxygen atoms in total. The van der Waals surface area contributed by atoms with Crippen LogP contribution in [0.5, 0.6) is 0 Å². The Morgan fingerprint density at radius 1 is 1.05 bits per heavy atom. The van der Waals surface area contributed by atoms with Crippen molar-refractivity contribution in [1.29, 1.82) is 0 Å². The third-order valence-electron chi connectivity index (χ3n) is 4.89. The van der Waals surface area contributed by atoms with E-state index in [1.807, 2.05) is 0 Å². The van der Waals surface area contributed by atoms with E-state index in [1.165, 1.54) is 0 Å². The molecule has 0 unspecified atom stereocenters. The molecule has 2 N–H and O–H groups in total. The lowest BCUT2D eigenvalue weighted by molar-refractivity contribution is -0.183. The maximum atomic E-state index is 12.7. The average Bonchev–Trinajstić information content (AvgIpc) is 3.00. The SMILES string of the molecule is O=C(N[C@@H]1CCC[C@@H](C(F)(F)F)C1)N[C@@H]1C[C@H]2CC[C@H]1O2. The molecule has 2 heterocycles. The Kier molecular flexibility index (Phi) is 4.03. The molecule has 7 heteroatoms. The van der Waals surface area contributed by atoms with Gasteiger partial charge in [-0.1, -0.05) is 6.42 Å². The summed E-state index contributed by atoms with van der Waals surface area (Å²) in [7, 11) is 0. The number of ether oxygens (including phenoxy) is 1. The molecule has 0 aromatic rings. The number of carbonyl (C=O) groups excluding carboxylic acids is 1. The normalized spacial score (nSPS) is 39.3. The Bertz CT molecular complexity index is 402. The van der Waals surface area contributed by atoms with Crippen LogP contribution in [-0.2, 0) is 4.74 Å². The number of hydrogen-bond donors (Lipinski definition) is 2. The van der Waals surface area contributed by atoms with E-state index in [4.69, 9.17) is 4.74 Å². The molecule has 21 heavy (non-hydrogen) atoms. The van der Waals surface area contributed by atoms with Crippen molar-refractivity contribution in [3.8, 4) is 0 Å². The van der Waals surface area contributed by atoms with Crippen molar-refractivity contribution in [3.63, 3.8) is 0 Å². The molecule has 0 spiro atoms. The summed E-state index contributed by atoms with van der Waals surface area (Å²) >= 11 is 0. The second-order valence-electron chi connectivity index (χ2n) is 6.44. The van der Waals surface area contributed by atoms with Crippen LogP contribution in [-0.4, -0.2) is 36.5 Å². The second-order valence-corrected chi connectivity index (χ2v) is 6.44. The van der Waals surface area contributed by atoms with Gasteiger partial charge < -0.3 is 15.4 Å². The number of urea groups is 1. The van der Waals surface area contributed by atoms with E-state index in [0.29, 0.717) is 12.8 Å². The monoisotopic (exact) mass is 306 g/mol. The number of nitrogens with one attached hydrogen (secondary N) is 2. The van der Waals surface area contributed by atoms with E-state index in [2.05, 4.69) is 10.6 Å². The average molecular weight is 306 g/mol. The fourth-order valence-electron chi connectivity index (χ4n) is 3.80. The van der Waals surface area contributed by atoms with Crippen molar-refractivity contribution in [3.05, 3.63) is 0 Å². The molecule has 2 bridgehead atoms. The van der Waals surface area contributed by atoms with Crippen LogP contribution in [0.25, 0.3) is 0 Å². The summed E-state index contributed by atoms with van der Waals surface area (Å²) in [5, 5.41) is 5.56. The zero-order chi connectivity index (χ0) is 15.0. The maximum absolute atomic E-state index is 12.7. The maximum Gasteiger partial charge on any atom is 0.391 e. The van der Waals surface area contributed by atoms with Gasteiger partial charge in [-0.05, 0) is 38.5 Å². The first-order valence-electron chi connectivity index (χ1n) is 7.71. The highest BCUT2D eigenvalue weighted by Gasteiger charge is 2.43. The number of carbonyl (C=O) groups is 1. The third kappa shape index (κ3) is 3.44. The molecule has 1 aliphatic carbocycles. The van der Waals surface area contributed by atoms with E-state index in [0.717, 1.165) is 19.3 Å². The molecule has 3 fully saturated rings. The molecule has 3 rings (SSSR count). The highest BCUT2D eigenvalue weighted by Crippen LogP contribution is 2.37. The zero-order valence-electron chi connectivity index (χ0n) is 11.8. The predicted octanol–water partition coefficient (Wildman–Crippen LogP) is 2.73. The fraction of sp³-hybridized carbons (Fsp3) is 0.929. The largest absolute Gasteiger partial charge is 0.391 e. The van der Waals surface area contributed by atoms with Crippen LogP contribution in [0.15, 0.2) is 0 Å². The molecule has 1 saturated carbocycles. The Balaban J connectivity index is 1.46. The van der Waals surface area contributed by atoms with Crippen LogP contribution in [0, 0.1) is 5.92 Å². The second kappa shape index (κ2) is 5.66. The fourth-order valence-corrected chi connectivity index (χ4v) is 3.80. The molecule has 5 atom stereocenters. The Hall–Kier alpha value is -0.980. The summed E-state index contributed by atoms with van der Waals surface area (Å²) in [5.41, 5.74) is 0. The number of hydrogen-bond acceptors (Lipinski definition) is 2. The quantitative estimate of drug-likeness (QED) is 0.824. The summed E-state index contributed by atoms with van der Waals surface area (Å²) in [6.07, 6.45) is 0.256. The molecule has 2 saturated heterocycles. The van der Waals surface area contributed by atoms with Gasteiger partial charge in [-0.15, -0.1) is 0 Å². The highest BCUT2D eigenvalue weighted by atomic mass is 19.4. The van der Waals surface area contributed by atoms with Gasteiger partial charge in [0.2, 0.25) is 0 Å². The van der Waals surface area contributed by atoms with Crippen molar-refractivity contribution in [2.75, 3.05) is 0 Å². The van der Waals surface area contributed by atoms with Gasteiger partial charge in [-0.25, -0.2) is 4.79 Å². The van der Waals surface area contributed by atoms with Gasteiger partial charge in [-0.2, -0.15) is 13.2 Å². The Labute approximate surface area is 121 Å². The van der Waals surface area contributed by atoms with Crippen LogP contribution < -0.4 is 10.6 Å². The first-order chi connectivity index (χ1) is 9.91. The van der Waals surface area contributed by atoms with Gasteiger partial charge in [0.1, 0.15) is 0 Å². The van der Waals surface area contributed by atoms with Crippen molar-refractivity contribution in [2.45, 2.75) is 75.4 Å².